The molecule has 5 aromatic rings. The standard InChI is InChI=1S/C32H25N3O7/c1-4-39-31(36)25-27(20-8-6-19(18-33)7-9-20)41-29(34-25)22-10-12-23(13-11-22)30-35-26(32(37)40-5-2)28(42-30)21-14-16-24(38-3)17-15-21/h6-17H,4-5H2,1-3H3. The van der Waals surface area contributed by atoms with E-state index in [2.05, 4.69) is 16.0 Å². The predicted molar refractivity (Wildman–Crippen MR) is 151 cm³/mol. The highest BCUT2D eigenvalue weighted by Crippen LogP contribution is 2.34. The van der Waals surface area contributed by atoms with Crippen molar-refractivity contribution < 1.29 is 32.6 Å². The monoisotopic (exact) mass is 563 g/mol. The number of oxazole rings is 2. The molecule has 10 heteroatoms. The molecule has 0 atom stereocenters. The molecule has 0 N–H and O–H groups in total. The van der Waals surface area contributed by atoms with E-state index in [4.69, 9.17) is 28.3 Å². The molecule has 0 amide bonds. The van der Waals surface area contributed by atoms with Crippen LogP contribution in [0, 0.1) is 11.3 Å². The van der Waals surface area contributed by atoms with E-state index >= 15 is 0 Å². The lowest BCUT2D eigenvalue weighted by Gasteiger charge is -2.03. The van der Waals surface area contributed by atoms with Gasteiger partial charge in [0, 0.05) is 22.3 Å². The van der Waals surface area contributed by atoms with Crippen molar-refractivity contribution in [1.82, 2.24) is 9.97 Å². The SMILES string of the molecule is CCOC(=O)c1nc(-c2ccc(-c3nc(C(=O)OCC)c(-c4ccc(OC)cc4)o3)cc2)oc1-c1ccc(C#N)cc1. The van der Waals surface area contributed by atoms with Gasteiger partial charge in [-0.1, -0.05) is 0 Å². The van der Waals surface area contributed by atoms with E-state index in [1.54, 1.807) is 93.8 Å². The molecule has 0 spiro atoms. The molecule has 0 aliphatic heterocycles. The van der Waals surface area contributed by atoms with Crippen LogP contribution in [0.1, 0.15) is 40.4 Å². The van der Waals surface area contributed by atoms with Gasteiger partial charge < -0.3 is 23.0 Å². The van der Waals surface area contributed by atoms with Crippen molar-refractivity contribution in [2.45, 2.75) is 13.8 Å². The van der Waals surface area contributed by atoms with Crippen molar-refractivity contribution in [2.75, 3.05) is 20.3 Å². The number of nitriles is 1. The summed E-state index contributed by atoms with van der Waals surface area (Å²) in [6, 6.07) is 22.7. The fourth-order valence-electron chi connectivity index (χ4n) is 4.15. The van der Waals surface area contributed by atoms with Crippen LogP contribution < -0.4 is 4.74 Å². The van der Waals surface area contributed by atoms with E-state index in [1.807, 2.05) is 0 Å². The second-order valence-corrected chi connectivity index (χ2v) is 8.83. The Bertz CT molecular complexity index is 1760. The highest BCUT2D eigenvalue weighted by molar-refractivity contribution is 5.95. The zero-order valence-electron chi connectivity index (χ0n) is 23.0. The third-order valence-corrected chi connectivity index (χ3v) is 6.20. The molecule has 0 fully saturated rings. The summed E-state index contributed by atoms with van der Waals surface area (Å²) >= 11 is 0. The van der Waals surface area contributed by atoms with Gasteiger partial charge in [-0.2, -0.15) is 5.26 Å². The molecule has 0 bridgehead atoms. The highest BCUT2D eigenvalue weighted by atomic mass is 16.5. The molecule has 0 unspecified atom stereocenters. The molecule has 3 aromatic carbocycles. The predicted octanol–water partition coefficient (Wildman–Crippen LogP) is 6.56. The Morgan fingerprint density at radius 1 is 0.690 bits per heavy atom. The molecule has 42 heavy (non-hydrogen) atoms. The zero-order valence-corrected chi connectivity index (χ0v) is 23.0. The van der Waals surface area contributed by atoms with Gasteiger partial charge in [0.1, 0.15) is 5.75 Å². The first kappa shape index (κ1) is 27.9. The Balaban J connectivity index is 1.50. The van der Waals surface area contributed by atoms with Gasteiger partial charge in [0.25, 0.3) is 0 Å². The topological polar surface area (TPSA) is 138 Å². The number of ether oxygens (including phenoxy) is 3. The first-order valence-corrected chi connectivity index (χ1v) is 13.1. The highest BCUT2D eigenvalue weighted by Gasteiger charge is 2.25. The van der Waals surface area contributed by atoms with Gasteiger partial charge in [0.15, 0.2) is 22.9 Å². The summed E-state index contributed by atoms with van der Waals surface area (Å²) in [7, 11) is 1.57. The molecule has 0 aliphatic rings. The van der Waals surface area contributed by atoms with E-state index in [9.17, 15) is 9.59 Å². The number of hydrogen-bond donors (Lipinski definition) is 0. The van der Waals surface area contributed by atoms with Gasteiger partial charge in [-0.15, -0.1) is 0 Å². The number of rotatable bonds is 9. The fourth-order valence-corrected chi connectivity index (χ4v) is 4.15. The molecular weight excluding hydrogens is 538 g/mol. The molecule has 10 nitrogen and oxygen atoms in total. The number of aromatic nitrogens is 2. The molecule has 210 valence electrons. The van der Waals surface area contributed by atoms with Crippen LogP contribution >= 0.6 is 0 Å². The van der Waals surface area contributed by atoms with E-state index in [0.717, 1.165) is 0 Å². The zero-order chi connectivity index (χ0) is 29.6. The quantitative estimate of drug-likeness (QED) is 0.181. The Kier molecular flexibility index (Phi) is 8.11. The van der Waals surface area contributed by atoms with Crippen LogP contribution in [0.4, 0.5) is 0 Å². The maximum Gasteiger partial charge on any atom is 0.361 e. The van der Waals surface area contributed by atoms with Crippen LogP contribution in [0.2, 0.25) is 0 Å². The lowest BCUT2D eigenvalue weighted by molar-refractivity contribution is 0.0511. The number of methoxy groups -OCH3 is 1. The molecule has 5 rings (SSSR count). The minimum atomic E-state index is -0.624. The van der Waals surface area contributed by atoms with Crippen LogP contribution in [0.25, 0.3) is 45.6 Å². The Morgan fingerprint density at radius 3 is 1.48 bits per heavy atom. The lowest BCUT2D eigenvalue weighted by atomic mass is 10.1. The van der Waals surface area contributed by atoms with Gasteiger partial charge in [0.05, 0.1) is 32.0 Å². The minimum absolute atomic E-state index is 0.0246. The van der Waals surface area contributed by atoms with E-state index in [0.29, 0.717) is 33.6 Å². The first-order valence-electron chi connectivity index (χ1n) is 13.1. The maximum absolute atomic E-state index is 12.7. The van der Waals surface area contributed by atoms with Crippen LogP contribution in [-0.4, -0.2) is 42.2 Å². The Labute approximate surface area is 241 Å². The molecule has 2 heterocycles. The summed E-state index contributed by atoms with van der Waals surface area (Å²) in [6.45, 7) is 3.78. The second kappa shape index (κ2) is 12.2. The average Bonchev–Trinajstić information content (AvgIpc) is 3.68. The largest absolute Gasteiger partial charge is 0.497 e. The minimum Gasteiger partial charge on any atom is -0.497 e. The number of carbonyl (C=O) groups excluding carboxylic acids is 2. The second-order valence-electron chi connectivity index (χ2n) is 8.83. The van der Waals surface area contributed by atoms with Gasteiger partial charge in [-0.05, 0) is 86.6 Å². The summed E-state index contributed by atoms with van der Waals surface area (Å²) in [6.07, 6.45) is 0. The summed E-state index contributed by atoms with van der Waals surface area (Å²) in [5.41, 5.74) is 2.93. The van der Waals surface area contributed by atoms with Crippen molar-refractivity contribution in [1.29, 1.82) is 5.26 Å². The number of hydrogen-bond acceptors (Lipinski definition) is 10. The number of carbonyl (C=O) groups is 2. The molecule has 0 radical (unpaired) electrons. The number of nitrogens with zero attached hydrogens (tertiary/aromatic N) is 3. The molecule has 0 saturated heterocycles. The van der Waals surface area contributed by atoms with Gasteiger partial charge in [-0.25, -0.2) is 19.6 Å². The molecule has 0 aliphatic carbocycles. The number of esters is 2. The Hall–Kier alpha value is -5.69. The number of benzene rings is 3. The Morgan fingerprint density at radius 2 is 1.10 bits per heavy atom. The summed E-state index contributed by atoms with van der Waals surface area (Å²) in [4.78, 5) is 34.2. The smallest absolute Gasteiger partial charge is 0.361 e. The van der Waals surface area contributed by atoms with Crippen LogP contribution in [0.5, 0.6) is 5.75 Å². The van der Waals surface area contributed by atoms with Gasteiger partial charge in [0.2, 0.25) is 11.8 Å². The van der Waals surface area contributed by atoms with Crippen molar-refractivity contribution in [3.63, 3.8) is 0 Å². The normalized spacial score (nSPS) is 10.6. The summed E-state index contributed by atoms with van der Waals surface area (Å²) in [5.74, 6) is 0.349. The average molecular weight is 564 g/mol. The van der Waals surface area contributed by atoms with Crippen LogP contribution in [-0.2, 0) is 9.47 Å². The van der Waals surface area contributed by atoms with E-state index < -0.39 is 11.9 Å². The lowest BCUT2D eigenvalue weighted by Crippen LogP contribution is -2.06. The van der Waals surface area contributed by atoms with Crippen molar-refractivity contribution in [3.05, 3.63) is 89.7 Å². The molecular formula is C32H25N3O7. The van der Waals surface area contributed by atoms with Gasteiger partial charge >= 0.3 is 11.9 Å². The van der Waals surface area contributed by atoms with Crippen LogP contribution in [0.15, 0.2) is 81.6 Å². The summed E-state index contributed by atoms with van der Waals surface area (Å²) in [5, 5.41) is 9.12. The third-order valence-electron chi connectivity index (χ3n) is 6.20. The fraction of sp³-hybridized carbons (Fsp3) is 0.156. The third kappa shape index (κ3) is 5.62. The summed E-state index contributed by atoms with van der Waals surface area (Å²) < 4.78 is 27.7. The molecule has 2 aromatic heterocycles. The van der Waals surface area contributed by atoms with Crippen LogP contribution in [0.3, 0.4) is 0 Å². The van der Waals surface area contributed by atoms with Crippen molar-refractivity contribution >= 4 is 11.9 Å². The molecule has 0 saturated carbocycles. The van der Waals surface area contributed by atoms with Gasteiger partial charge in [-0.3, -0.25) is 0 Å². The van der Waals surface area contributed by atoms with Crippen molar-refractivity contribution in [2.24, 2.45) is 0 Å². The van der Waals surface area contributed by atoms with E-state index in [1.165, 1.54) is 0 Å². The van der Waals surface area contributed by atoms with Crippen molar-refractivity contribution in [3.8, 4) is 57.4 Å². The maximum atomic E-state index is 12.7. The van der Waals surface area contributed by atoms with E-state index in [-0.39, 0.29) is 47.9 Å². The first-order chi connectivity index (χ1) is 20.4.